The standard InChI is InChI=1S/C15H24N2O3S2/c1-12-9-17(10-13(2)20-12)22(18,19)16(3)11-14-5-7-15(21-4)8-6-14/h5-8,12-13H,9-11H2,1-4H3. The van der Waals surface area contributed by atoms with Crippen LogP contribution in [0.4, 0.5) is 0 Å². The minimum absolute atomic E-state index is 0.0761. The number of thioether (sulfide) groups is 1. The van der Waals surface area contributed by atoms with Crippen molar-refractivity contribution < 1.29 is 13.2 Å². The average Bonchev–Trinajstić information content (AvgIpc) is 2.47. The SMILES string of the molecule is CSc1ccc(CN(C)S(=O)(=O)N2CC(C)OC(C)C2)cc1. The van der Waals surface area contributed by atoms with Gasteiger partial charge in [0, 0.05) is 31.6 Å². The molecular weight excluding hydrogens is 320 g/mol. The van der Waals surface area contributed by atoms with Crippen molar-refractivity contribution in [2.75, 3.05) is 26.4 Å². The number of nitrogens with zero attached hydrogens (tertiary/aromatic N) is 2. The van der Waals surface area contributed by atoms with Crippen LogP contribution in [0, 0.1) is 0 Å². The Morgan fingerprint density at radius 2 is 1.77 bits per heavy atom. The Bertz CT molecular complexity index is 579. The van der Waals surface area contributed by atoms with Gasteiger partial charge in [-0.3, -0.25) is 0 Å². The van der Waals surface area contributed by atoms with E-state index in [0.717, 1.165) is 5.56 Å². The van der Waals surface area contributed by atoms with Crippen LogP contribution in [0.2, 0.25) is 0 Å². The largest absolute Gasteiger partial charge is 0.373 e. The predicted octanol–water partition coefficient (Wildman–Crippen LogP) is 2.19. The Morgan fingerprint density at radius 3 is 2.27 bits per heavy atom. The van der Waals surface area contributed by atoms with Crippen LogP contribution in [0.25, 0.3) is 0 Å². The molecule has 0 aliphatic carbocycles. The molecule has 124 valence electrons. The maximum absolute atomic E-state index is 12.7. The summed E-state index contributed by atoms with van der Waals surface area (Å²) in [7, 11) is -1.83. The van der Waals surface area contributed by atoms with Gasteiger partial charge < -0.3 is 4.74 Å². The molecule has 1 aromatic carbocycles. The zero-order valence-electron chi connectivity index (χ0n) is 13.5. The number of hydrogen-bond acceptors (Lipinski definition) is 4. The number of morpholine rings is 1. The summed E-state index contributed by atoms with van der Waals surface area (Å²) >= 11 is 1.67. The van der Waals surface area contributed by atoms with Crippen LogP contribution < -0.4 is 0 Å². The first-order chi connectivity index (χ1) is 10.3. The third kappa shape index (κ3) is 4.23. The van der Waals surface area contributed by atoms with Crippen LogP contribution in [-0.2, 0) is 21.5 Å². The van der Waals surface area contributed by atoms with Crippen LogP contribution in [0.1, 0.15) is 19.4 Å². The van der Waals surface area contributed by atoms with Gasteiger partial charge in [-0.15, -0.1) is 11.8 Å². The molecule has 2 unspecified atom stereocenters. The van der Waals surface area contributed by atoms with E-state index < -0.39 is 10.2 Å². The van der Waals surface area contributed by atoms with Gasteiger partial charge >= 0.3 is 0 Å². The van der Waals surface area contributed by atoms with Crippen molar-refractivity contribution in [3.63, 3.8) is 0 Å². The Balaban J connectivity index is 2.07. The van der Waals surface area contributed by atoms with Gasteiger partial charge in [0.15, 0.2) is 0 Å². The molecule has 22 heavy (non-hydrogen) atoms. The predicted molar refractivity (Wildman–Crippen MR) is 90.2 cm³/mol. The molecule has 0 amide bonds. The molecule has 0 spiro atoms. The minimum atomic E-state index is -3.46. The summed E-state index contributed by atoms with van der Waals surface area (Å²) in [6, 6.07) is 7.98. The Morgan fingerprint density at radius 1 is 1.23 bits per heavy atom. The van der Waals surface area contributed by atoms with Crippen molar-refractivity contribution in [2.45, 2.75) is 37.5 Å². The van der Waals surface area contributed by atoms with Crippen LogP contribution in [0.5, 0.6) is 0 Å². The van der Waals surface area contributed by atoms with Crippen LogP contribution in [-0.4, -0.2) is 55.6 Å². The lowest BCUT2D eigenvalue weighted by atomic mass is 10.2. The van der Waals surface area contributed by atoms with Gasteiger partial charge in [0.25, 0.3) is 10.2 Å². The van der Waals surface area contributed by atoms with Crippen LogP contribution >= 0.6 is 11.8 Å². The summed E-state index contributed by atoms with van der Waals surface area (Å²) < 4.78 is 33.9. The number of hydrogen-bond donors (Lipinski definition) is 0. The van der Waals surface area contributed by atoms with Gasteiger partial charge in [0.05, 0.1) is 12.2 Å². The summed E-state index contributed by atoms with van der Waals surface area (Å²) in [6.45, 7) is 4.99. The molecule has 1 aromatic rings. The summed E-state index contributed by atoms with van der Waals surface area (Å²) in [5.41, 5.74) is 0.984. The molecule has 1 fully saturated rings. The molecule has 1 saturated heterocycles. The fourth-order valence-corrected chi connectivity index (χ4v) is 4.50. The zero-order valence-corrected chi connectivity index (χ0v) is 15.2. The monoisotopic (exact) mass is 344 g/mol. The topological polar surface area (TPSA) is 49.9 Å². The summed E-state index contributed by atoms with van der Waals surface area (Å²) in [5, 5.41) is 0. The van der Waals surface area contributed by atoms with Gasteiger partial charge in [0.2, 0.25) is 0 Å². The van der Waals surface area contributed by atoms with E-state index in [9.17, 15) is 8.42 Å². The van der Waals surface area contributed by atoms with Gasteiger partial charge in [-0.25, -0.2) is 0 Å². The third-order valence-electron chi connectivity index (χ3n) is 3.67. The second-order valence-corrected chi connectivity index (χ2v) is 8.60. The van der Waals surface area contributed by atoms with Crippen molar-refractivity contribution in [3.8, 4) is 0 Å². The molecule has 2 atom stereocenters. The smallest absolute Gasteiger partial charge is 0.282 e. The quantitative estimate of drug-likeness (QED) is 0.769. The summed E-state index contributed by atoms with van der Waals surface area (Å²) in [6.07, 6.45) is 1.87. The normalized spacial score (nSPS) is 23.9. The second kappa shape index (κ2) is 7.31. The molecule has 7 heteroatoms. The fourth-order valence-electron chi connectivity index (χ4n) is 2.59. The maximum atomic E-state index is 12.7. The Kier molecular flexibility index (Phi) is 5.90. The van der Waals surface area contributed by atoms with Crippen molar-refractivity contribution in [3.05, 3.63) is 29.8 Å². The highest BCUT2D eigenvalue weighted by Gasteiger charge is 2.33. The lowest BCUT2D eigenvalue weighted by Gasteiger charge is -2.36. The molecule has 0 N–H and O–H groups in total. The maximum Gasteiger partial charge on any atom is 0.282 e. The highest BCUT2D eigenvalue weighted by molar-refractivity contribution is 7.98. The van der Waals surface area contributed by atoms with E-state index in [1.807, 2.05) is 44.4 Å². The van der Waals surface area contributed by atoms with E-state index in [1.54, 1.807) is 18.8 Å². The molecule has 0 saturated carbocycles. The van der Waals surface area contributed by atoms with Crippen LogP contribution in [0.15, 0.2) is 29.2 Å². The molecule has 5 nitrogen and oxygen atoms in total. The third-order valence-corrected chi connectivity index (χ3v) is 6.28. The van der Waals surface area contributed by atoms with E-state index in [1.165, 1.54) is 13.5 Å². The van der Waals surface area contributed by atoms with E-state index in [0.29, 0.717) is 19.6 Å². The molecule has 0 aromatic heterocycles. The van der Waals surface area contributed by atoms with Gasteiger partial charge in [-0.2, -0.15) is 17.0 Å². The van der Waals surface area contributed by atoms with E-state index >= 15 is 0 Å². The van der Waals surface area contributed by atoms with Crippen molar-refractivity contribution in [2.24, 2.45) is 0 Å². The molecule has 2 rings (SSSR count). The van der Waals surface area contributed by atoms with Gasteiger partial charge in [-0.05, 0) is 37.8 Å². The first-order valence-electron chi connectivity index (χ1n) is 7.32. The average molecular weight is 345 g/mol. The Labute approximate surface area is 137 Å². The lowest BCUT2D eigenvalue weighted by molar-refractivity contribution is -0.0453. The number of benzene rings is 1. The lowest BCUT2D eigenvalue weighted by Crippen LogP contribution is -2.52. The molecule has 1 aliphatic rings. The van der Waals surface area contributed by atoms with Crippen LogP contribution in [0.3, 0.4) is 0 Å². The van der Waals surface area contributed by atoms with E-state index in [-0.39, 0.29) is 12.2 Å². The number of ether oxygens (including phenoxy) is 1. The summed E-state index contributed by atoms with van der Waals surface area (Å²) in [5.74, 6) is 0. The Hall–Kier alpha value is -0.600. The second-order valence-electron chi connectivity index (χ2n) is 5.69. The zero-order chi connectivity index (χ0) is 16.3. The molecule has 0 radical (unpaired) electrons. The molecule has 1 heterocycles. The molecule has 0 bridgehead atoms. The van der Waals surface area contributed by atoms with Gasteiger partial charge in [0.1, 0.15) is 0 Å². The highest BCUT2D eigenvalue weighted by atomic mass is 32.2. The van der Waals surface area contributed by atoms with E-state index in [4.69, 9.17) is 4.74 Å². The van der Waals surface area contributed by atoms with Crippen molar-refractivity contribution >= 4 is 22.0 Å². The fraction of sp³-hybridized carbons (Fsp3) is 0.600. The highest BCUT2D eigenvalue weighted by Crippen LogP contribution is 2.20. The van der Waals surface area contributed by atoms with E-state index in [2.05, 4.69) is 0 Å². The van der Waals surface area contributed by atoms with Gasteiger partial charge in [-0.1, -0.05) is 12.1 Å². The molecule has 1 aliphatic heterocycles. The first-order valence-corrected chi connectivity index (χ1v) is 9.95. The molecular formula is C15H24N2O3S2. The number of rotatable bonds is 5. The minimum Gasteiger partial charge on any atom is -0.373 e. The van der Waals surface area contributed by atoms with Crippen molar-refractivity contribution in [1.82, 2.24) is 8.61 Å². The first kappa shape index (κ1) is 17.7. The summed E-state index contributed by atoms with van der Waals surface area (Å²) in [4.78, 5) is 1.17. The van der Waals surface area contributed by atoms with Crippen molar-refractivity contribution in [1.29, 1.82) is 0 Å².